The van der Waals surface area contributed by atoms with E-state index in [1.807, 2.05) is 29.2 Å². The lowest BCUT2D eigenvalue weighted by Crippen LogP contribution is -2.50. The molecule has 0 atom stereocenters. The second kappa shape index (κ2) is 10.6. The zero-order valence-corrected chi connectivity index (χ0v) is 19.1. The molecule has 33 heavy (non-hydrogen) atoms. The van der Waals surface area contributed by atoms with Crippen LogP contribution in [0.25, 0.3) is 6.08 Å². The van der Waals surface area contributed by atoms with E-state index in [0.717, 1.165) is 5.56 Å². The number of methoxy groups -OCH3 is 1. The average Bonchev–Trinajstić information content (AvgIpc) is 2.84. The summed E-state index contributed by atoms with van der Waals surface area (Å²) in [6.07, 6.45) is 3.29. The molecule has 0 radical (unpaired) electrons. The molecule has 0 unspecified atom stereocenters. The van der Waals surface area contributed by atoms with Crippen LogP contribution in [0.1, 0.15) is 5.56 Å². The molecule has 9 heteroatoms. The summed E-state index contributed by atoms with van der Waals surface area (Å²) in [5.74, 6) is 1.56. The van der Waals surface area contributed by atoms with Gasteiger partial charge in [-0.2, -0.15) is 0 Å². The molecule has 2 aliphatic heterocycles. The van der Waals surface area contributed by atoms with E-state index in [1.165, 1.54) is 0 Å². The second-order valence-electron chi connectivity index (χ2n) is 7.71. The van der Waals surface area contributed by atoms with Gasteiger partial charge in [0.2, 0.25) is 17.6 Å². The molecule has 0 spiro atoms. The van der Waals surface area contributed by atoms with E-state index in [4.69, 9.17) is 25.8 Å². The number of benzene rings is 2. The van der Waals surface area contributed by atoms with Crippen LogP contribution >= 0.6 is 11.6 Å². The van der Waals surface area contributed by atoms with Gasteiger partial charge in [0.05, 0.1) is 24.4 Å². The smallest absolute Gasteiger partial charge is 0.246 e. The predicted octanol–water partition coefficient (Wildman–Crippen LogP) is 2.92. The Kier molecular flexibility index (Phi) is 7.36. The van der Waals surface area contributed by atoms with Crippen molar-refractivity contribution in [3.63, 3.8) is 0 Å². The van der Waals surface area contributed by atoms with E-state index < -0.39 is 0 Å². The van der Waals surface area contributed by atoms with Gasteiger partial charge in [-0.1, -0.05) is 23.7 Å². The van der Waals surface area contributed by atoms with E-state index in [2.05, 4.69) is 5.32 Å². The van der Waals surface area contributed by atoms with Crippen LogP contribution in [0.3, 0.4) is 0 Å². The number of hydrogen-bond acceptors (Lipinski definition) is 6. The maximum atomic E-state index is 12.7. The molecule has 0 bridgehead atoms. The van der Waals surface area contributed by atoms with E-state index in [9.17, 15) is 9.59 Å². The summed E-state index contributed by atoms with van der Waals surface area (Å²) in [6, 6.07) is 10.8. The molecule has 2 heterocycles. The molecular formula is C24H26ClN3O5. The Morgan fingerprint density at radius 2 is 1.88 bits per heavy atom. The van der Waals surface area contributed by atoms with Crippen LogP contribution in [0.15, 0.2) is 42.5 Å². The summed E-state index contributed by atoms with van der Waals surface area (Å²) in [6.45, 7) is 3.54. The maximum absolute atomic E-state index is 12.7. The fourth-order valence-corrected chi connectivity index (χ4v) is 3.93. The Balaban J connectivity index is 1.28. The van der Waals surface area contributed by atoms with Gasteiger partial charge < -0.3 is 24.4 Å². The SMILES string of the molecule is COc1cc(C=CC(=O)N2CCN(CC(=O)Nc3ccccc3Cl)CC2)cc2c1OCCO2. The summed E-state index contributed by atoms with van der Waals surface area (Å²) in [4.78, 5) is 28.8. The fourth-order valence-electron chi connectivity index (χ4n) is 3.74. The number of anilines is 1. The molecule has 0 saturated carbocycles. The molecular weight excluding hydrogens is 446 g/mol. The summed E-state index contributed by atoms with van der Waals surface area (Å²) >= 11 is 6.09. The monoisotopic (exact) mass is 471 g/mol. The molecule has 0 aromatic heterocycles. The first kappa shape index (κ1) is 22.9. The van der Waals surface area contributed by atoms with Gasteiger partial charge in [-0.15, -0.1) is 0 Å². The zero-order chi connectivity index (χ0) is 23.2. The first-order valence-corrected chi connectivity index (χ1v) is 11.1. The molecule has 1 N–H and O–H groups in total. The number of rotatable bonds is 6. The molecule has 174 valence electrons. The minimum atomic E-state index is -0.129. The number of carbonyl (C=O) groups excluding carboxylic acids is 2. The topological polar surface area (TPSA) is 80.3 Å². The van der Waals surface area contributed by atoms with Crippen molar-refractivity contribution < 1.29 is 23.8 Å². The normalized spacial score (nSPS) is 16.0. The highest BCUT2D eigenvalue weighted by molar-refractivity contribution is 6.33. The minimum absolute atomic E-state index is 0.0796. The van der Waals surface area contributed by atoms with Gasteiger partial charge in [0.25, 0.3) is 0 Å². The number of nitrogens with zero attached hydrogens (tertiary/aromatic N) is 2. The number of piperazine rings is 1. The van der Waals surface area contributed by atoms with Crippen LogP contribution in [0.5, 0.6) is 17.2 Å². The lowest BCUT2D eigenvalue weighted by Gasteiger charge is -2.33. The Hall–Kier alpha value is -3.23. The number of amides is 2. The van der Waals surface area contributed by atoms with Crippen molar-refractivity contribution in [1.82, 2.24) is 9.80 Å². The lowest BCUT2D eigenvalue weighted by molar-refractivity contribution is -0.127. The second-order valence-corrected chi connectivity index (χ2v) is 8.12. The summed E-state index contributed by atoms with van der Waals surface area (Å²) < 4.78 is 16.6. The molecule has 2 aliphatic rings. The Labute approximate surface area is 197 Å². The van der Waals surface area contributed by atoms with Gasteiger partial charge in [0.15, 0.2) is 11.5 Å². The van der Waals surface area contributed by atoms with Gasteiger partial charge in [0, 0.05) is 32.3 Å². The van der Waals surface area contributed by atoms with Gasteiger partial charge in [-0.25, -0.2) is 0 Å². The highest BCUT2D eigenvalue weighted by Gasteiger charge is 2.22. The summed E-state index contributed by atoms with van der Waals surface area (Å²) in [5.41, 5.74) is 1.39. The number of ether oxygens (including phenoxy) is 3. The molecule has 2 aromatic rings. The number of halogens is 1. The van der Waals surface area contributed by atoms with E-state index in [-0.39, 0.29) is 18.4 Å². The molecule has 2 aromatic carbocycles. The highest BCUT2D eigenvalue weighted by atomic mass is 35.5. The third kappa shape index (κ3) is 5.77. The molecule has 1 saturated heterocycles. The van der Waals surface area contributed by atoms with E-state index in [1.54, 1.807) is 36.3 Å². The van der Waals surface area contributed by atoms with Crippen molar-refractivity contribution in [1.29, 1.82) is 0 Å². The van der Waals surface area contributed by atoms with Crippen molar-refractivity contribution in [3.05, 3.63) is 53.1 Å². The van der Waals surface area contributed by atoms with Crippen molar-refractivity contribution in [2.75, 3.05) is 58.4 Å². The van der Waals surface area contributed by atoms with Crippen LogP contribution in [0.2, 0.25) is 5.02 Å². The van der Waals surface area contributed by atoms with Crippen molar-refractivity contribution in [2.45, 2.75) is 0 Å². The average molecular weight is 472 g/mol. The van der Waals surface area contributed by atoms with Crippen molar-refractivity contribution in [3.8, 4) is 17.2 Å². The predicted molar refractivity (Wildman–Crippen MR) is 126 cm³/mol. The number of fused-ring (bicyclic) bond motifs is 1. The molecule has 4 rings (SSSR count). The molecule has 8 nitrogen and oxygen atoms in total. The Morgan fingerprint density at radius 1 is 1.12 bits per heavy atom. The molecule has 1 fully saturated rings. The van der Waals surface area contributed by atoms with Gasteiger partial charge in [-0.3, -0.25) is 14.5 Å². The largest absolute Gasteiger partial charge is 0.493 e. The Bertz CT molecular complexity index is 1030. The highest BCUT2D eigenvalue weighted by Crippen LogP contribution is 2.40. The van der Waals surface area contributed by atoms with Crippen molar-refractivity contribution in [2.24, 2.45) is 0 Å². The lowest BCUT2D eigenvalue weighted by atomic mass is 10.1. The number of hydrogen-bond donors (Lipinski definition) is 1. The van der Waals surface area contributed by atoms with Gasteiger partial charge >= 0.3 is 0 Å². The van der Waals surface area contributed by atoms with Crippen LogP contribution in [0.4, 0.5) is 5.69 Å². The molecule has 0 aliphatic carbocycles. The summed E-state index contributed by atoms with van der Waals surface area (Å²) in [5, 5.41) is 3.33. The van der Waals surface area contributed by atoms with Crippen LogP contribution in [-0.2, 0) is 9.59 Å². The third-order valence-corrected chi connectivity index (χ3v) is 5.80. The fraction of sp³-hybridized carbons (Fsp3) is 0.333. The first-order chi connectivity index (χ1) is 16.0. The van der Waals surface area contributed by atoms with Crippen LogP contribution in [-0.4, -0.2) is 74.7 Å². The number of carbonyl (C=O) groups is 2. The number of para-hydroxylation sites is 1. The minimum Gasteiger partial charge on any atom is -0.493 e. The first-order valence-electron chi connectivity index (χ1n) is 10.7. The van der Waals surface area contributed by atoms with E-state index >= 15 is 0 Å². The summed E-state index contributed by atoms with van der Waals surface area (Å²) in [7, 11) is 1.57. The van der Waals surface area contributed by atoms with E-state index in [0.29, 0.717) is 67.4 Å². The number of nitrogens with one attached hydrogen (secondary N) is 1. The van der Waals surface area contributed by atoms with Crippen LogP contribution < -0.4 is 19.5 Å². The van der Waals surface area contributed by atoms with Gasteiger partial charge in [-0.05, 0) is 35.9 Å². The van der Waals surface area contributed by atoms with Gasteiger partial charge in [0.1, 0.15) is 13.2 Å². The standard InChI is InChI=1S/C24H26ClN3O5/c1-31-20-14-17(15-21-24(20)33-13-12-32-21)6-7-23(30)28-10-8-27(9-11-28)16-22(29)26-19-5-3-2-4-18(19)25/h2-7,14-15H,8-13,16H2,1H3,(H,26,29). The molecule has 2 amide bonds. The Morgan fingerprint density at radius 3 is 2.64 bits per heavy atom. The van der Waals surface area contributed by atoms with Crippen molar-refractivity contribution >= 4 is 35.2 Å². The third-order valence-electron chi connectivity index (χ3n) is 5.47. The zero-order valence-electron chi connectivity index (χ0n) is 18.4. The quantitative estimate of drug-likeness (QED) is 0.652. The maximum Gasteiger partial charge on any atom is 0.246 e. The van der Waals surface area contributed by atoms with Crippen LogP contribution in [0, 0.1) is 0 Å².